The molecule has 0 saturated carbocycles. The van der Waals surface area contributed by atoms with Crippen molar-refractivity contribution in [2.45, 2.75) is 38.1 Å². The highest BCUT2D eigenvalue weighted by Gasteiger charge is 2.28. The van der Waals surface area contributed by atoms with Crippen LogP contribution in [0.1, 0.15) is 32.1 Å². The van der Waals surface area contributed by atoms with Gasteiger partial charge in [0.2, 0.25) is 5.91 Å². The van der Waals surface area contributed by atoms with Crippen LogP contribution in [0.4, 0.5) is 0 Å². The maximum absolute atomic E-state index is 12.5. The Balaban J connectivity index is 1.40. The molecule has 0 aromatic carbocycles. The largest absolute Gasteiger partial charge is 0.342 e. The molecule has 0 radical (unpaired) electrons. The number of piperazine rings is 1. The van der Waals surface area contributed by atoms with E-state index in [0.29, 0.717) is 12.5 Å². The van der Waals surface area contributed by atoms with Gasteiger partial charge in [-0.25, -0.2) is 0 Å². The maximum atomic E-state index is 12.5. The van der Waals surface area contributed by atoms with Gasteiger partial charge >= 0.3 is 0 Å². The van der Waals surface area contributed by atoms with Crippen molar-refractivity contribution in [1.29, 1.82) is 0 Å². The van der Waals surface area contributed by atoms with Gasteiger partial charge in [0, 0.05) is 58.4 Å². The number of hydrogen-bond donors (Lipinski definition) is 1. The Morgan fingerprint density at radius 1 is 0.857 bits per heavy atom. The van der Waals surface area contributed by atoms with Gasteiger partial charge in [0.1, 0.15) is 0 Å². The topological polar surface area (TPSA) is 38.8 Å². The average Bonchev–Trinajstić information content (AvgIpc) is 2.38. The molecule has 0 aromatic rings. The molecule has 0 atom stereocenters. The lowest BCUT2D eigenvalue weighted by atomic mass is 10.1. The summed E-state index contributed by atoms with van der Waals surface area (Å²) in [6.45, 7) is 9.24. The van der Waals surface area contributed by atoms with E-state index in [1.54, 1.807) is 0 Å². The van der Waals surface area contributed by atoms with E-state index in [9.17, 15) is 4.79 Å². The van der Waals surface area contributed by atoms with E-state index in [4.69, 9.17) is 0 Å². The lowest BCUT2D eigenvalue weighted by Gasteiger charge is -2.43. The minimum Gasteiger partial charge on any atom is -0.342 e. The van der Waals surface area contributed by atoms with Crippen molar-refractivity contribution in [1.82, 2.24) is 20.0 Å². The van der Waals surface area contributed by atoms with Crippen molar-refractivity contribution in [3.8, 4) is 0 Å². The Bertz CT molecular complexity index is 329. The molecule has 1 N–H and O–H groups in total. The molecule has 21 heavy (non-hydrogen) atoms. The molecule has 120 valence electrons. The van der Waals surface area contributed by atoms with Crippen LogP contribution < -0.4 is 5.32 Å². The van der Waals surface area contributed by atoms with Gasteiger partial charge in [0.25, 0.3) is 0 Å². The summed E-state index contributed by atoms with van der Waals surface area (Å²) in [7, 11) is 0. The lowest BCUT2D eigenvalue weighted by Crippen LogP contribution is -2.62. The fourth-order valence-corrected chi connectivity index (χ4v) is 3.61. The molecule has 3 heterocycles. The highest BCUT2D eigenvalue weighted by molar-refractivity contribution is 5.78. The van der Waals surface area contributed by atoms with Crippen molar-refractivity contribution in [2.75, 3.05) is 58.9 Å². The predicted octanol–water partition coefficient (Wildman–Crippen LogP) is 0.369. The van der Waals surface area contributed by atoms with Gasteiger partial charge in [0.05, 0.1) is 6.54 Å². The van der Waals surface area contributed by atoms with E-state index in [1.807, 2.05) is 0 Å². The number of amides is 1. The molecule has 3 aliphatic rings. The third-order valence-electron chi connectivity index (χ3n) is 5.25. The van der Waals surface area contributed by atoms with Crippen LogP contribution in [0.3, 0.4) is 0 Å². The molecular weight excluding hydrogens is 264 g/mol. The minimum atomic E-state index is 0.357. The number of nitrogens with zero attached hydrogens (tertiary/aromatic N) is 3. The van der Waals surface area contributed by atoms with Crippen LogP contribution >= 0.6 is 0 Å². The van der Waals surface area contributed by atoms with E-state index in [2.05, 4.69) is 20.0 Å². The first-order valence-electron chi connectivity index (χ1n) is 8.78. The zero-order chi connectivity index (χ0) is 14.5. The highest BCUT2D eigenvalue weighted by atomic mass is 16.2. The van der Waals surface area contributed by atoms with Crippen molar-refractivity contribution in [3.05, 3.63) is 0 Å². The fourth-order valence-electron chi connectivity index (χ4n) is 3.61. The normalized spacial score (nSPS) is 27.0. The first-order valence-corrected chi connectivity index (χ1v) is 8.78. The Morgan fingerprint density at radius 2 is 1.48 bits per heavy atom. The Morgan fingerprint density at radius 3 is 2.05 bits per heavy atom. The number of carbonyl (C=O) groups excluding carboxylic acids is 1. The summed E-state index contributed by atoms with van der Waals surface area (Å²) in [5.41, 5.74) is 0. The summed E-state index contributed by atoms with van der Waals surface area (Å²) < 4.78 is 0. The van der Waals surface area contributed by atoms with Crippen LogP contribution in [-0.4, -0.2) is 85.6 Å². The summed E-state index contributed by atoms with van der Waals surface area (Å²) >= 11 is 0. The van der Waals surface area contributed by atoms with Gasteiger partial charge in [0.15, 0.2) is 0 Å². The second-order valence-corrected chi connectivity index (χ2v) is 6.77. The molecule has 3 rings (SSSR count). The van der Waals surface area contributed by atoms with Crippen LogP contribution in [-0.2, 0) is 4.79 Å². The fraction of sp³-hybridized carbons (Fsp3) is 0.938. The van der Waals surface area contributed by atoms with E-state index in [1.165, 1.54) is 32.1 Å². The maximum Gasteiger partial charge on any atom is 0.236 e. The first-order chi connectivity index (χ1) is 10.3. The summed E-state index contributed by atoms with van der Waals surface area (Å²) in [4.78, 5) is 19.5. The molecule has 0 spiro atoms. The van der Waals surface area contributed by atoms with Gasteiger partial charge in [-0.2, -0.15) is 0 Å². The molecule has 5 nitrogen and oxygen atoms in total. The van der Waals surface area contributed by atoms with Crippen LogP contribution in [0.2, 0.25) is 0 Å². The van der Waals surface area contributed by atoms with Gasteiger partial charge in [-0.1, -0.05) is 19.3 Å². The minimum absolute atomic E-state index is 0.357. The van der Waals surface area contributed by atoms with E-state index in [-0.39, 0.29) is 0 Å². The van der Waals surface area contributed by atoms with Crippen LogP contribution in [0.25, 0.3) is 0 Å². The van der Waals surface area contributed by atoms with Crippen molar-refractivity contribution in [2.24, 2.45) is 0 Å². The first kappa shape index (κ1) is 15.3. The number of nitrogens with one attached hydrogen (secondary N) is 1. The molecule has 5 heteroatoms. The van der Waals surface area contributed by atoms with Gasteiger partial charge < -0.3 is 10.2 Å². The lowest BCUT2D eigenvalue weighted by molar-refractivity contribution is -0.133. The monoisotopic (exact) mass is 294 g/mol. The molecule has 3 fully saturated rings. The number of rotatable bonds is 3. The third kappa shape index (κ3) is 4.18. The number of likely N-dealkylation sites (tertiary alicyclic amines) is 1. The Kier molecular flexibility index (Phi) is 5.49. The van der Waals surface area contributed by atoms with E-state index in [0.717, 1.165) is 58.4 Å². The van der Waals surface area contributed by atoms with Crippen molar-refractivity contribution in [3.63, 3.8) is 0 Å². The summed E-state index contributed by atoms with van der Waals surface area (Å²) in [6.07, 6.45) is 6.30. The van der Waals surface area contributed by atoms with Gasteiger partial charge in [-0.05, 0) is 12.8 Å². The van der Waals surface area contributed by atoms with Gasteiger partial charge in [-0.15, -0.1) is 0 Å². The standard InChI is InChI=1S/C16H30N4O/c21-16(20-6-4-2-1-3-5-7-20)14-18-8-10-19(11-9-18)15-12-17-13-15/h15,17H,1-14H2. The smallest absolute Gasteiger partial charge is 0.236 e. The molecule has 1 amide bonds. The molecule has 0 aromatic heterocycles. The summed E-state index contributed by atoms with van der Waals surface area (Å²) in [5, 5.41) is 3.34. The van der Waals surface area contributed by atoms with Crippen molar-refractivity contribution < 1.29 is 4.79 Å². The summed E-state index contributed by atoms with van der Waals surface area (Å²) in [5.74, 6) is 0.357. The molecular formula is C16H30N4O. The van der Waals surface area contributed by atoms with Crippen LogP contribution in [0.5, 0.6) is 0 Å². The highest BCUT2D eigenvalue weighted by Crippen LogP contribution is 2.12. The number of hydrogen-bond acceptors (Lipinski definition) is 4. The molecule has 3 saturated heterocycles. The Hall–Kier alpha value is -0.650. The second kappa shape index (κ2) is 7.56. The van der Waals surface area contributed by atoms with Crippen LogP contribution in [0.15, 0.2) is 0 Å². The molecule has 3 aliphatic heterocycles. The van der Waals surface area contributed by atoms with Crippen molar-refractivity contribution >= 4 is 5.91 Å². The number of carbonyl (C=O) groups is 1. The van der Waals surface area contributed by atoms with E-state index >= 15 is 0 Å². The zero-order valence-corrected chi connectivity index (χ0v) is 13.2. The van der Waals surface area contributed by atoms with Gasteiger partial charge in [-0.3, -0.25) is 14.6 Å². The molecule has 0 aliphatic carbocycles. The quantitative estimate of drug-likeness (QED) is 0.816. The van der Waals surface area contributed by atoms with Crippen LogP contribution in [0, 0.1) is 0 Å². The van der Waals surface area contributed by atoms with E-state index < -0.39 is 0 Å². The third-order valence-corrected chi connectivity index (χ3v) is 5.25. The summed E-state index contributed by atoms with van der Waals surface area (Å²) in [6, 6.07) is 0.747. The molecule has 0 bridgehead atoms. The predicted molar refractivity (Wildman–Crippen MR) is 84.3 cm³/mol. The molecule has 0 unspecified atom stereocenters. The SMILES string of the molecule is O=C(CN1CCN(C2CNC2)CC1)N1CCCCCCC1. The average molecular weight is 294 g/mol. The zero-order valence-electron chi connectivity index (χ0n) is 13.2. The Labute approximate surface area is 128 Å². The second-order valence-electron chi connectivity index (χ2n) is 6.77.